The summed E-state index contributed by atoms with van der Waals surface area (Å²) >= 11 is 0. The molecule has 1 aromatic rings. The first kappa shape index (κ1) is 13.6. The molecule has 20 heavy (non-hydrogen) atoms. The van der Waals surface area contributed by atoms with Crippen LogP contribution in [-0.4, -0.2) is 18.0 Å². The smallest absolute Gasteiger partial charge is 0.225 e. The number of aryl methyl sites for hydroxylation is 2. The van der Waals surface area contributed by atoms with Crippen molar-refractivity contribution in [2.75, 3.05) is 0 Å². The van der Waals surface area contributed by atoms with Crippen LogP contribution in [0.15, 0.2) is 18.2 Å². The zero-order chi connectivity index (χ0) is 14.3. The maximum absolute atomic E-state index is 12.4. The van der Waals surface area contributed by atoms with Crippen LogP contribution >= 0.6 is 0 Å². The Morgan fingerprint density at radius 2 is 2.15 bits per heavy atom. The Bertz CT molecular complexity index is 526. The van der Waals surface area contributed by atoms with Crippen LogP contribution in [0.3, 0.4) is 0 Å². The predicted octanol–water partition coefficient (Wildman–Crippen LogP) is 2.62. The quantitative estimate of drug-likeness (QED) is 0.888. The summed E-state index contributed by atoms with van der Waals surface area (Å²) in [7, 11) is 0. The highest BCUT2D eigenvalue weighted by atomic mass is 16.2. The average Bonchev–Trinajstić information content (AvgIpc) is 3.00. The summed E-state index contributed by atoms with van der Waals surface area (Å²) in [5, 5.41) is 6.73. The second-order valence-electron chi connectivity index (χ2n) is 6.48. The van der Waals surface area contributed by atoms with Crippen LogP contribution in [0.25, 0.3) is 0 Å². The highest BCUT2D eigenvalue weighted by molar-refractivity contribution is 5.80. The van der Waals surface area contributed by atoms with Gasteiger partial charge in [0.15, 0.2) is 0 Å². The normalized spacial score (nSPS) is 29.4. The molecule has 3 heteroatoms. The Balaban J connectivity index is 1.66. The first-order valence-corrected chi connectivity index (χ1v) is 7.68. The van der Waals surface area contributed by atoms with E-state index in [0.717, 1.165) is 12.8 Å². The standard InChI is InChI=1S/C17H24N2O/c1-10-4-6-14(11(2)8-10)12(3)18-17(20)15-9-13-5-7-16(15)19-13/h4,6,8,12-13,15-16,19H,5,7,9H2,1-3H3,(H,18,20). The van der Waals surface area contributed by atoms with E-state index in [9.17, 15) is 4.79 Å². The molecule has 3 rings (SSSR count). The zero-order valence-corrected chi connectivity index (χ0v) is 12.6. The third kappa shape index (κ3) is 2.47. The number of carbonyl (C=O) groups is 1. The predicted molar refractivity (Wildman–Crippen MR) is 80.5 cm³/mol. The number of hydrogen-bond acceptors (Lipinski definition) is 2. The molecule has 2 N–H and O–H groups in total. The van der Waals surface area contributed by atoms with E-state index < -0.39 is 0 Å². The van der Waals surface area contributed by atoms with Crippen molar-refractivity contribution in [3.05, 3.63) is 34.9 Å². The molecule has 2 saturated heterocycles. The molecule has 108 valence electrons. The highest BCUT2D eigenvalue weighted by Gasteiger charge is 2.42. The van der Waals surface area contributed by atoms with Gasteiger partial charge >= 0.3 is 0 Å². The number of amides is 1. The molecule has 2 aliphatic heterocycles. The Morgan fingerprint density at radius 1 is 1.35 bits per heavy atom. The van der Waals surface area contributed by atoms with Crippen LogP contribution in [0, 0.1) is 19.8 Å². The van der Waals surface area contributed by atoms with Gasteiger partial charge in [-0.15, -0.1) is 0 Å². The van der Waals surface area contributed by atoms with Crippen LogP contribution in [0.1, 0.15) is 48.9 Å². The third-order valence-electron chi connectivity index (χ3n) is 4.89. The molecule has 4 unspecified atom stereocenters. The van der Waals surface area contributed by atoms with Gasteiger partial charge in [-0.2, -0.15) is 0 Å². The number of carbonyl (C=O) groups excluding carboxylic acids is 1. The zero-order valence-electron chi connectivity index (χ0n) is 12.6. The summed E-state index contributed by atoms with van der Waals surface area (Å²) in [6.07, 6.45) is 3.40. The van der Waals surface area contributed by atoms with Crippen molar-refractivity contribution in [1.29, 1.82) is 0 Å². The lowest BCUT2D eigenvalue weighted by atomic mass is 9.88. The maximum Gasteiger partial charge on any atom is 0.225 e. The molecule has 1 aromatic carbocycles. The fourth-order valence-corrected chi connectivity index (χ4v) is 3.82. The number of rotatable bonds is 3. The average molecular weight is 272 g/mol. The van der Waals surface area contributed by atoms with Crippen molar-refractivity contribution < 1.29 is 4.79 Å². The minimum atomic E-state index is 0.0854. The van der Waals surface area contributed by atoms with Gasteiger partial charge in [-0.1, -0.05) is 23.8 Å². The number of nitrogens with one attached hydrogen (secondary N) is 2. The van der Waals surface area contributed by atoms with Crippen molar-refractivity contribution >= 4 is 5.91 Å². The van der Waals surface area contributed by atoms with E-state index in [-0.39, 0.29) is 17.9 Å². The van der Waals surface area contributed by atoms with Crippen molar-refractivity contribution in [3.63, 3.8) is 0 Å². The van der Waals surface area contributed by atoms with Gasteiger partial charge in [0.2, 0.25) is 5.91 Å². The van der Waals surface area contributed by atoms with Crippen molar-refractivity contribution in [2.45, 2.75) is 58.2 Å². The largest absolute Gasteiger partial charge is 0.349 e. The molecule has 3 nitrogen and oxygen atoms in total. The van der Waals surface area contributed by atoms with Crippen LogP contribution in [0.4, 0.5) is 0 Å². The molecule has 0 saturated carbocycles. The lowest BCUT2D eigenvalue weighted by molar-refractivity contribution is -0.126. The van der Waals surface area contributed by atoms with Gasteiger partial charge in [0.05, 0.1) is 12.0 Å². The second kappa shape index (κ2) is 5.21. The minimum Gasteiger partial charge on any atom is -0.349 e. The second-order valence-corrected chi connectivity index (χ2v) is 6.48. The maximum atomic E-state index is 12.4. The summed E-state index contributed by atoms with van der Waals surface area (Å²) in [4.78, 5) is 12.4. The van der Waals surface area contributed by atoms with Gasteiger partial charge in [-0.25, -0.2) is 0 Å². The van der Waals surface area contributed by atoms with Gasteiger partial charge in [-0.05, 0) is 51.2 Å². The van der Waals surface area contributed by atoms with E-state index in [1.807, 2.05) is 0 Å². The summed E-state index contributed by atoms with van der Waals surface area (Å²) in [6.45, 7) is 6.29. The molecule has 2 heterocycles. The SMILES string of the molecule is Cc1ccc(C(C)NC(=O)C2CC3CCC2N3)c(C)c1. The summed E-state index contributed by atoms with van der Waals surface area (Å²) in [5.41, 5.74) is 3.74. The van der Waals surface area contributed by atoms with E-state index in [1.54, 1.807) is 0 Å². The number of benzene rings is 1. The van der Waals surface area contributed by atoms with Crippen LogP contribution < -0.4 is 10.6 Å². The van der Waals surface area contributed by atoms with Crippen molar-refractivity contribution in [2.24, 2.45) is 5.92 Å². The lowest BCUT2D eigenvalue weighted by Gasteiger charge is -2.23. The van der Waals surface area contributed by atoms with E-state index in [0.29, 0.717) is 12.1 Å². The fraction of sp³-hybridized carbons (Fsp3) is 0.588. The molecule has 2 aliphatic rings. The molecule has 2 fully saturated rings. The Labute approximate surface area is 121 Å². The van der Waals surface area contributed by atoms with Crippen LogP contribution in [0.2, 0.25) is 0 Å². The molecule has 0 spiro atoms. The summed E-state index contributed by atoms with van der Waals surface area (Å²) in [6, 6.07) is 7.50. The number of hydrogen-bond donors (Lipinski definition) is 2. The van der Waals surface area contributed by atoms with Crippen LogP contribution in [-0.2, 0) is 4.79 Å². The molecule has 0 aliphatic carbocycles. The molecule has 4 atom stereocenters. The monoisotopic (exact) mass is 272 g/mol. The molecule has 0 radical (unpaired) electrons. The Hall–Kier alpha value is -1.35. The molecule has 2 bridgehead atoms. The van der Waals surface area contributed by atoms with Crippen LogP contribution in [0.5, 0.6) is 0 Å². The fourth-order valence-electron chi connectivity index (χ4n) is 3.82. The van der Waals surface area contributed by atoms with Gasteiger partial charge in [0.25, 0.3) is 0 Å². The summed E-state index contributed by atoms with van der Waals surface area (Å²) < 4.78 is 0. The third-order valence-corrected chi connectivity index (χ3v) is 4.89. The van der Waals surface area contributed by atoms with E-state index in [4.69, 9.17) is 0 Å². The highest BCUT2D eigenvalue weighted by Crippen LogP contribution is 2.33. The van der Waals surface area contributed by atoms with Crippen molar-refractivity contribution in [3.8, 4) is 0 Å². The Morgan fingerprint density at radius 3 is 2.75 bits per heavy atom. The number of fused-ring (bicyclic) bond motifs is 2. The Kier molecular flexibility index (Phi) is 3.55. The molecule has 0 aromatic heterocycles. The topological polar surface area (TPSA) is 41.1 Å². The van der Waals surface area contributed by atoms with Crippen molar-refractivity contribution in [1.82, 2.24) is 10.6 Å². The molecular formula is C17H24N2O. The summed E-state index contributed by atoms with van der Waals surface area (Å²) in [5.74, 6) is 0.388. The molecular weight excluding hydrogens is 248 g/mol. The van der Waals surface area contributed by atoms with E-state index in [2.05, 4.69) is 49.6 Å². The minimum absolute atomic E-state index is 0.0854. The molecule has 1 amide bonds. The van der Waals surface area contributed by atoms with E-state index in [1.165, 1.54) is 23.1 Å². The first-order chi connectivity index (χ1) is 9.54. The lowest BCUT2D eigenvalue weighted by Crippen LogP contribution is -2.38. The van der Waals surface area contributed by atoms with Gasteiger partial charge in [0.1, 0.15) is 0 Å². The van der Waals surface area contributed by atoms with Gasteiger partial charge in [0, 0.05) is 12.1 Å². The van der Waals surface area contributed by atoms with Gasteiger partial charge < -0.3 is 10.6 Å². The first-order valence-electron chi connectivity index (χ1n) is 7.68. The van der Waals surface area contributed by atoms with E-state index >= 15 is 0 Å². The van der Waals surface area contributed by atoms with Gasteiger partial charge in [-0.3, -0.25) is 4.79 Å².